The molecule has 1 aromatic rings. The van der Waals surface area contributed by atoms with Crippen molar-refractivity contribution in [2.45, 2.75) is 25.9 Å². The van der Waals surface area contributed by atoms with Gasteiger partial charge in [-0.1, -0.05) is 17.7 Å². The Morgan fingerprint density at radius 3 is 2.87 bits per heavy atom. The first-order chi connectivity index (χ1) is 7.15. The summed E-state index contributed by atoms with van der Waals surface area (Å²) in [4.78, 5) is 0. The maximum Gasteiger partial charge on any atom is 0.130 e. The quantitative estimate of drug-likeness (QED) is 0.784. The fraction of sp³-hybridized carbons (Fsp3) is 0.333. The molecule has 0 bridgehead atoms. The minimum atomic E-state index is -0.817. The number of aliphatic hydroxyl groups excluding tert-OH is 1. The van der Waals surface area contributed by atoms with Crippen LogP contribution in [0.3, 0.4) is 0 Å². The van der Waals surface area contributed by atoms with Gasteiger partial charge in [0, 0.05) is 17.0 Å². The summed E-state index contributed by atoms with van der Waals surface area (Å²) in [5, 5.41) is 10.00. The predicted octanol–water partition coefficient (Wildman–Crippen LogP) is 3.32. The monoisotopic (exact) mass is 226 g/mol. The normalized spacial score (nSPS) is 11.7. The fourth-order valence-corrected chi connectivity index (χ4v) is 1.42. The molecule has 0 radical (unpaired) electrons. The van der Waals surface area contributed by atoms with Crippen LogP contribution in [0.15, 0.2) is 18.2 Å². The van der Waals surface area contributed by atoms with Gasteiger partial charge in [-0.25, -0.2) is 4.39 Å². The zero-order chi connectivity index (χ0) is 11.3. The lowest BCUT2D eigenvalue weighted by Crippen LogP contribution is -2.00. The van der Waals surface area contributed by atoms with E-state index in [9.17, 15) is 9.50 Å². The number of halogens is 2. The molecule has 0 saturated heterocycles. The first-order valence-electron chi connectivity index (χ1n) is 4.67. The van der Waals surface area contributed by atoms with E-state index in [4.69, 9.17) is 11.6 Å². The Morgan fingerprint density at radius 2 is 2.27 bits per heavy atom. The topological polar surface area (TPSA) is 20.2 Å². The molecule has 1 N–H and O–H groups in total. The predicted molar refractivity (Wildman–Crippen MR) is 59.1 cm³/mol. The van der Waals surface area contributed by atoms with Gasteiger partial charge in [0.25, 0.3) is 0 Å². The summed E-state index contributed by atoms with van der Waals surface area (Å²) in [6.45, 7) is 1.73. The van der Waals surface area contributed by atoms with E-state index in [0.717, 1.165) is 0 Å². The van der Waals surface area contributed by atoms with Gasteiger partial charge in [-0.3, -0.25) is 0 Å². The Bertz CT molecular complexity index is 392. The Hall–Kier alpha value is -1.04. The molecule has 0 aliphatic carbocycles. The lowest BCUT2D eigenvalue weighted by Gasteiger charge is -2.10. The first-order valence-corrected chi connectivity index (χ1v) is 5.05. The second-order valence-electron chi connectivity index (χ2n) is 3.15. The average molecular weight is 227 g/mol. The summed E-state index contributed by atoms with van der Waals surface area (Å²) >= 11 is 5.60. The standard InChI is InChI=1S/C12H12ClFO/c1-2-3-4-5-12(15)10-7-6-9(13)8-11(10)14/h6-8,12,15H,4-5H2,1H3. The van der Waals surface area contributed by atoms with E-state index < -0.39 is 11.9 Å². The van der Waals surface area contributed by atoms with Gasteiger partial charge >= 0.3 is 0 Å². The molecular weight excluding hydrogens is 215 g/mol. The van der Waals surface area contributed by atoms with E-state index in [2.05, 4.69) is 11.8 Å². The highest BCUT2D eigenvalue weighted by Crippen LogP contribution is 2.23. The highest BCUT2D eigenvalue weighted by molar-refractivity contribution is 6.30. The molecule has 1 aromatic carbocycles. The lowest BCUT2D eigenvalue weighted by molar-refractivity contribution is 0.165. The van der Waals surface area contributed by atoms with Crippen molar-refractivity contribution in [2.75, 3.05) is 0 Å². The molecule has 1 rings (SSSR count). The summed E-state index contributed by atoms with van der Waals surface area (Å²) in [7, 11) is 0. The van der Waals surface area contributed by atoms with Crippen LogP contribution in [0, 0.1) is 17.7 Å². The van der Waals surface area contributed by atoms with Gasteiger partial charge < -0.3 is 5.11 Å². The second kappa shape index (κ2) is 5.75. The summed E-state index contributed by atoms with van der Waals surface area (Å²) < 4.78 is 13.3. The van der Waals surface area contributed by atoms with Crippen molar-refractivity contribution < 1.29 is 9.50 Å². The van der Waals surface area contributed by atoms with Gasteiger partial charge in [0.05, 0.1) is 6.10 Å². The van der Waals surface area contributed by atoms with Crippen LogP contribution in [0.25, 0.3) is 0 Å². The molecule has 0 aliphatic heterocycles. The average Bonchev–Trinajstić information content (AvgIpc) is 2.17. The molecule has 1 unspecified atom stereocenters. The molecule has 0 aromatic heterocycles. The third-order valence-electron chi connectivity index (χ3n) is 2.04. The van der Waals surface area contributed by atoms with Crippen molar-refractivity contribution in [2.24, 2.45) is 0 Å². The third kappa shape index (κ3) is 3.54. The largest absolute Gasteiger partial charge is 0.388 e. The highest BCUT2D eigenvalue weighted by Gasteiger charge is 2.11. The second-order valence-corrected chi connectivity index (χ2v) is 3.58. The smallest absolute Gasteiger partial charge is 0.130 e. The van der Waals surface area contributed by atoms with Crippen molar-refractivity contribution in [3.63, 3.8) is 0 Å². The van der Waals surface area contributed by atoms with Gasteiger partial charge in [0.2, 0.25) is 0 Å². The maximum absolute atomic E-state index is 13.3. The molecule has 0 saturated carbocycles. The summed E-state index contributed by atoms with van der Waals surface area (Å²) in [6.07, 6.45) is 0.169. The number of benzene rings is 1. The number of rotatable bonds is 3. The molecule has 0 aliphatic rings. The van der Waals surface area contributed by atoms with Gasteiger partial charge in [-0.15, -0.1) is 11.8 Å². The Balaban J connectivity index is 2.71. The summed E-state index contributed by atoms with van der Waals surface area (Å²) in [6, 6.07) is 4.27. The van der Waals surface area contributed by atoms with E-state index in [-0.39, 0.29) is 5.56 Å². The molecule has 0 fully saturated rings. The number of hydrogen-bond donors (Lipinski definition) is 1. The molecule has 80 valence electrons. The van der Waals surface area contributed by atoms with Crippen LogP contribution in [0.4, 0.5) is 4.39 Å². The molecule has 15 heavy (non-hydrogen) atoms. The third-order valence-corrected chi connectivity index (χ3v) is 2.28. The minimum Gasteiger partial charge on any atom is -0.388 e. The van der Waals surface area contributed by atoms with Crippen molar-refractivity contribution in [3.8, 4) is 11.8 Å². The maximum atomic E-state index is 13.3. The minimum absolute atomic E-state index is 0.275. The van der Waals surface area contributed by atoms with E-state index in [1.807, 2.05) is 0 Å². The molecule has 1 nitrogen and oxygen atoms in total. The molecule has 1 atom stereocenters. The molecule has 0 heterocycles. The number of aliphatic hydroxyl groups is 1. The van der Waals surface area contributed by atoms with Crippen LogP contribution < -0.4 is 0 Å². The van der Waals surface area contributed by atoms with Crippen LogP contribution in [0.5, 0.6) is 0 Å². The summed E-state index contributed by atoms with van der Waals surface area (Å²) in [5.74, 6) is 5.07. The van der Waals surface area contributed by atoms with Crippen molar-refractivity contribution >= 4 is 11.6 Å². The zero-order valence-electron chi connectivity index (χ0n) is 8.43. The Kier molecular flexibility index (Phi) is 4.61. The fourth-order valence-electron chi connectivity index (χ4n) is 1.26. The van der Waals surface area contributed by atoms with E-state index in [0.29, 0.717) is 17.9 Å². The molecule has 0 amide bonds. The molecular formula is C12H12ClFO. The zero-order valence-corrected chi connectivity index (χ0v) is 9.18. The van der Waals surface area contributed by atoms with Crippen molar-refractivity contribution in [3.05, 3.63) is 34.6 Å². The van der Waals surface area contributed by atoms with Crippen LogP contribution in [0.1, 0.15) is 31.4 Å². The van der Waals surface area contributed by atoms with E-state index >= 15 is 0 Å². The Morgan fingerprint density at radius 1 is 1.53 bits per heavy atom. The molecule has 3 heteroatoms. The SMILES string of the molecule is CC#CCCC(O)c1ccc(Cl)cc1F. The van der Waals surface area contributed by atoms with E-state index in [1.54, 1.807) is 13.0 Å². The lowest BCUT2D eigenvalue weighted by atomic mass is 10.0. The van der Waals surface area contributed by atoms with Crippen LogP contribution >= 0.6 is 11.6 Å². The van der Waals surface area contributed by atoms with Gasteiger partial charge in [0.1, 0.15) is 5.82 Å². The summed E-state index contributed by atoms with van der Waals surface area (Å²) in [5.41, 5.74) is 0.275. The van der Waals surface area contributed by atoms with Crippen molar-refractivity contribution in [1.29, 1.82) is 0 Å². The van der Waals surface area contributed by atoms with Gasteiger partial charge in [0.15, 0.2) is 0 Å². The Labute approximate surface area is 93.9 Å². The van der Waals surface area contributed by atoms with Crippen LogP contribution in [-0.4, -0.2) is 5.11 Å². The van der Waals surface area contributed by atoms with Crippen molar-refractivity contribution in [1.82, 2.24) is 0 Å². The van der Waals surface area contributed by atoms with Crippen LogP contribution in [-0.2, 0) is 0 Å². The first kappa shape index (κ1) is 12.0. The van der Waals surface area contributed by atoms with Gasteiger partial charge in [-0.05, 0) is 25.5 Å². The highest BCUT2D eigenvalue weighted by atomic mass is 35.5. The molecule has 0 spiro atoms. The van der Waals surface area contributed by atoms with Crippen LogP contribution in [0.2, 0.25) is 5.02 Å². The number of hydrogen-bond acceptors (Lipinski definition) is 1. The van der Waals surface area contributed by atoms with E-state index in [1.165, 1.54) is 12.1 Å². The van der Waals surface area contributed by atoms with Gasteiger partial charge in [-0.2, -0.15) is 0 Å².